The normalized spacial score (nSPS) is 52.6. The highest BCUT2D eigenvalue weighted by molar-refractivity contribution is 9.10. The predicted molar refractivity (Wildman–Crippen MR) is 37.8 cm³/mol. The summed E-state index contributed by atoms with van der Waals surface area (Å²) in [5.41, 5.74) is 0. The minimum Gasteiger partial charge on any atom is -0.388 e. The van der Waals surface area contributed by atoms with E-state index in [9.17, 15) is 0 Å². The summed E-state index contributed by atoms with van der Waals surface area (Å²) >= 11 is 2.64. The summed E-state index contributed by atoms with van der Waals surface area (Å²) in [5, 5.41) is 36.1. The zero-order chi connectivity index (χ0) is 8.65. The molecule has 1 unspecified atom stereocenters. The number of hydrogen-bond acceptors (Lipinski definition) is 5. The van der Waals surface area contributed by atoms with Crippen molar-refractivity contribution in [2.45, 2.75) is 23.0 Å². The van der Waals surface area contributed by atoms with Gasteiger partial charge in [0.25, 0.3) is 4.70 Å². The van der Waals surface area contributed by atoms with Gasteiger partial charge in [-0.3, -0.25) is 0 Å². The summed E-state index contributed by atoms with van der Waals surface area (Å²) in [6, 6.07) is 0. The molecule has 1 fully saturated rings. The van der Waals surface area contributed by atoms with Crippen molar-refractivity contribution in [1.29, 1.82) is 0 Å². The number of aliphatic hydroxyl groups excluding tert-OH is 3. The van der Waals surface area contributed by atoms with Gasteiger partial charge in [-0.25, -0.2) is 0 Å². The fourth-order valence-electron chi connectivity index (χ4n) is 0.807. The molecule has 1 aliphatic heterocycles. The first-order valence-electron chi connectivity index (χ1n) is 3.04. The predicted octanol–water partition coefficient (Wildman–Crippen LogP) is -1.86. The van der Waals surface area contributed by atoms with E-state index in [2.05, 4.69) is 20.7 Å². The Bertz CT molecular complexity index is 150. The van der Waals surface area contributed by atoms with Crippen molar-refractivity contribution in [1.82, 2.24) is 0 Å². The molecule has 1 saturated heterocycles. The van der Waals surface area contributed by atoms with Gasteiger partial charge >= 0.3 is 0 Å². The molecule has 0 aromatic rings. The maximum atomic E-state index is 9.10. The Morgan fingerprint density at radius 3 is 2.36 bits per heavy atom. The van der Waals surface area contributed by atoms with Crippen LogP contribution in [-0.2, 0) is 4.74 Å². The lowest BCUT2D eigenvalue weighted by molar-refractivity contribution is -0.268. The number of alkyl halides is 1. The lowest BCUT2D eigenvalue weighted by Gasteiger charge is -2.37. The van der Waals surface area contributed by atoms with Gasteiger partial charge in [-0.2, -0.15) is 0 Å². The van der Waals surface area contributed by atoms with E-state index in [0.29, 0.717) is 0 Å². The van der Waals surface area contributed by atoms with E-state index < -0.39 is 23.0 Å². The second kappa shape index (κ2) is 2.96. The van der Waals surface area contributed by atoms with Gasteiger partial charge in [-0.05, 0) is 15.9 Å². The molecular formula is C5H9BrO5. The molecule has 5 nitrogen and oxygen atoms in total. The van der Waals surface area contributed by atoms with Crippen molar-refractivity contribution in [2.75, 3.05) is 6.61 Å². The molecule has 4 atom stereocenters. The Morgan fingerprint density at radius 2 is 1.91 bits per heavy atom. The molecule has 11 heavy (non-hydrogen) atoms. The van der Waals surface area contributed by atoms with E-state index in [4.69, 9.17) is 20.4 Å². The van der Waals surface area contributed by atoms with Gasteiger partial charge in [0.2, 0.25) is 0 Å². The van der Waals surface area contributed by atoms with E-state index in [1.165, 1.54) is 0 Å². The molecule has 1 heterocycles. The van der Waals surface area contributed by atoms with Crippen LogP contribution in [-0.4, -0.2) is 50.0 Å². The second-order valence-corrected chi connectivity index (χ2v) is 3.56. The van der Waals surface area contributed by atoms with Crippen LogP contribution in [0.25, 0.3) is 0 Å². The lowest BCUT2D eigenvalue weighted by Crippen LogP contribution is -2.57. The van der Waals surface area contributed by atoms with Gasteiger partial charge in [0, 0.05) is 0 Å². The van der Waals surface area contributed by atoms with E-state index in [-0.39, 0.29) is 6.61 Å². The van der Waals surface area contributed by atoms with Crippen LogP contribution in [0.15, 0.2) is 0 Å². The van der Waals surface area contributed by atoms with Crippen molar-refractivity contribution < 1.29 is 25.2 Å². The molecule has 0 aromatic heterocycles. The third kappa shape index (κ3) is 1.71. The molecule has 0 saturated carbocycles. The van der Waals surface area contributed by atoms with E-state index in [1.54, 1.807) is 0 Å². The summed E-state index contributed by atoms with van der Waals surface area (Å²) in [7, 11) is 0. The van der Waals surface area contributed by atoms with Crippen LogP contribution in [0, 0.1) is 0 Å². The number of rotatable bonds is 0. The molecular weight excluding hydrogens is 220 g/mol. The summed E-state index contributed by atoms with van der Waals surface area (Å²) in [6.07, 6.45) is -4.11. The lowest BCUT2D eigenvalue weighted by atomic mass is 10.1. The zero-order valence-corrected chi connectivity index (χ0v) is 7.10. The quantitative estimate of drug-likeness (QED) is 0.366. The number of halogens is 1. The first kappa shape index (κ1) is 9.37. The van der Waals surface area contributed by atoms with E-state index >= 15 is 0 Å². The van der Waals surface area contributed by atoms with Crippen molar-refractivity contribution >= 4 is 15.9 Å². The van der Waals surface area contributed by atoms with E-state index in [0.717, 1.165) is 0 Å². The van der Waals surface area contributed by atoms with Gasteiger partial charge in [-0.1, -0.05) is 0 Å². The summed E-state index contributed by atoms with van der Waals surface area (Å²) in [6.45, 7) is -0.222. The topological polar surface area (TPSA) is 90.2 Å². The van der Waals surface area contributed by atoms with Crippen LogP contribution < -0.4 is 0 Å². The Hall–Kier alpha value is 0.280. The van der Waals surface area contributed by atoms with Gasteiger partial charge in [0.15, 0.2) is 0 Å². The zero-order valence-electron chi connectivity index (χ0n) is 5.51. The van der Waals surface area contributed by atoms with Gasteiger partial charge < -0.3 is 25.2 Å². The van der Waals surface area contributed by atoms with Crippen molar-refractivity contribution in [3.63, 3.8) is 0 Å². The van der Waals surface area contributed by atoms with Crippen LogP contribution >= 0.6 is 15.9 Å². The summed E-state index contributed by atoms with van der Waals surface area (Å²) < 4.78 is 2.62. The Labute approximate surface area is 71.4 Å². The molecule has 0 amide bonds. The highest BCUT2D eigenvalue weighted by Crippen LogP contribution is 2.28. The van der Waals surface area contributed by atoms with Crippen molar-refractivity contribution in [3.8, 4) is 0 Å². The van der Waals surface area contributed by atoms with Crippen LogP contribution in [0.5, 0.6) is 0 Å². The van der Waals surface area contributed by atoms with Crippen molar-refractivity contribution in [3.05, 3.63) is 0 Å². The van der Waals surface area contributed by atoms with Crippen molar-refractivity contribution in [2.24, 2.45) is 0 Å². The first-order chi connectivity index (χ1) is 4.95. The average Bonchev–Trinajstić information content (AvgIpc) is 1.95. The molecule has 0 spiro atoms. The fourth-order valence-corrected chi connectivity index (χ4v) is 1.21. The van der Waals surface area contributed by atoms with Gasteiger partial charge in [-0.15, -0.1) is 0 Å². The smallest absolute Gasteiger partial charge is 0.253 e. The van der Waals surface area contributed by atoms with Gasteiger partial charge in [0.1, 0.15) is 18.3 Å². The Kier molecular flexibility index (Phi) is 2.53. The monoisotopic (exact) mass is 228 g/mol. The molecule has 6 heteroatoms. The highest BCUT2D eigenvalue weighted by atomic mass is 79.9. The third-order valence-corrected chi connectivity index (χ3v) is 2.24. The minimum atomic E-state index is -1.95. The number of hydrogen-bond donors (Lipinski definition) is 4. The highest BCUT2D eigenvalue weighted by Gasteiger charge is 2.46. The van der Waals surface area contributed by atoms with E-state index in [1.807, 2.05) is 0 Å². The number of aliphatic hydroxyl groups is 4. The maximum absolute atomic E-state index is 9.10. The van der Waals surface area contributed by atoms with Crippen LogP contribution in [0.4, 0.5) is 0 Å². The summed E-state index contributed by atoms with van der Waals surface area (Å²) in [5.74, 6) is 0. The van der Waals surface area contributed by atoms with Crippen LogP contribution in [0.1, 0.15) is 0 Å². The molecule has 1 aliphatic rings. The SMILES string of the molecule is O[C@H]1[C@H](O)COC(O)(Br)[C@@H]1O. The van der Waals surface area contributed by atoms with Crippen LogP contribution in [0.3, 0.4) is 0 Å². The molecule has 0 bridgehead atoms. The fraction of sp³-hybridized carbons (Fsp3) is 1.00. The summed E-state index contributed by atoms with van der Waals surface area (Å²) in [4.78, 5) is 0. The second-order valence-electron chi connectivity index (χ2n) is 2.42. The Morgan fingerprint density at radius 1 is 1.36 bits per heavy atom. The molecule has 66 valence electrons. The maximum Gasteiger partial charge on any atom is 0.253 e. The minimum absolute atomic E-state index is 0.222. The molecule has 1 rings (SSSR count). The molecule has 4 N–H and O–H groups in total. The average molecular weight is 229 g/mol. The molecule has 0 aromatic carbocycles. The van der Waals surface area contributed by atoms with Crippen LogP contribution in [0.2, 0.25) is 0 Å². The Balaban J connectivity index is 2.67. The first-order valence-corrected chi connectivity index (χ1v) is 3.84. The van der Waals surface area contributed by atoms with Gasteiger partial charge in [0.05, 0.1) is 6.61 Å². The third-order valence-electron chi connectivity index (χ3n) is 1.54. The molecule has 0 aliphatic carbocycles. The largest absolute Gasteiger partial charge is 0.388 e. The number of ether oxygens (including phenoxy) is 1. The standard InChI is InChI=1S/C5H9BrO5/c6-5(10)4(9)3(8)2(7)1-11-5/h2-4,7-10H,1H2/t2-,3+,4-,5?/m1/s1. The molecule has 0 radical (unpaired) electrons.